The Kier molecular flexibility index (Phi) is 6.32. The lowest BCUT2D eigenvalue weighted by atomic mass is 10.0. The predicted octanol–water partition coefficient (Wildman–Crippen LogP) is 4.31. The fourth-order valence-corrected chi connectivity index (χ4v) is 4.75. The van der Waals surface area contributed by atoms with E-state index in [1.54, 1.807) is 19.2 Å². The minimum Gasteiger partial charge on any atom is -0.495 e. The van der Waals surface area contributed by atoms with Gasteiger partial charge in [0.25, 0.3) is 10.1 Å². The number of nitrogens with zero attached hydrogens (tertiary/aromatic N) is 1. The molecule has 0 amide bonds. The molecule has 0 aliphatic carbocycles. The van der Waals surface area contributed by atoms with E-state index in [9.17, 15) is 13.5 Å². The third-order valence-corrected chi connectivity index (χ3v) is 6.73. The number of benzene rings is 3. The Morgan fingerprint density at radius 3 is 2.34 bits per heavy atom. The molecule has 0 unspecified atom stereocenters. The molecule has 0 bridgehead atoms. The van der Waals surface area contributed by atoms with E-state index in [1.165, 1.54) is 12.1 Å². The Hall–Kier alpha value is -3.13. The van der Waals surface area contributed by atoms with Gasteiger partial charge in [0.15, 0.2) is 0 Å². The lowest BCUT2D eigenvalue weighted by Gasteiger charge is -2.26. The smallest absolute Gasteiger partial charge is 0.297 e. The molecule has 32 heavy (non-hydrogen) atoms. The number of aromatic nitrogens is 1. The van der Waals surface area contributed by atoms with E-state index < -0.39 is 28.9 Å². The molecule has 0 saturated carbocycles. The zero-order valence-electron chi connectivity index (χ0n) is 17.9. The Labute approximate surface area is 187 Å². The SMILES string of the molecule is COc1cccc2ccn([C@@H](c3ccccc3)[C@H](O)COS(=O)(=O)c3ccc(C)cc3)c12. The fourth-order valence-electron chi connectivity index (χ4n) is 3.82. The molecule has 7 heteroatoms. The summed E-state index contributed by atoms with van der Waals surface area (Å²) in [7, 11) is -2.41. The van der Waals surface area contributed by atoms with Gasteiger partial charge in [-0.15, -0.1) is 0 Å². The number of hydrogen-bond donors (Lipinski definition) is 1. The maximum absolute atomic E-state index is 12.6. The molecule has 0 saturated heterocycles. The van der Waals surface area contributed by atoms with E-state index in [0.29, 0.717) is 5.75 Å². The third-order valence-electron chi connectivity index (χ3n) is 5.43. The molecule has 4 rings (SSSR count). The van der Waals surface area contributed by atoms with Crippen LogP contribution in [-0.4, -0.2) is 37.9 Å². The number of hydrogen-bond acceptors (Lipinski definition) is 5. The van der Waals surface area contributed by atoms with Gasteiger partial charge in [0.05, 0.1) is 30.2 Å². The van der Waals surface area contributed by atoms with Gasteiger partial charge in [-0.3, -0.25) is 4.18 Å². The molecule has 1 N–H and O–H groups in total. The van der Waals surface area contributed by atoms with Gasteiger partial charge < -0.3 is 14.4 Å². The molecule has 0 spiro atoms. The quantitative estimate of drug-likeness (QED) is 0.404. The van der Waals surface area contributed by atoms with Gasteiger partial charge in [0, 0.05) is 11.6 Å². The molecule has 1 heterocycles. The zero-order chi connectivity index (χ0) is 22.7. The van der Waals surface area contributed by atoms with Crippen LogP contribution in [0.2, 0.25) is 0 Å². The summed E-state index contributed by atoms with van der Waals surface area (Å²) in [6.45, 7) is 1.48. The molecule has 1 aromatic heterocycles. The van der Waals surface area contributed by atoms with Crippen molar-refractivity contribution < 1.29 is 22.4 Å². The van der Waals surface area contributed by atoms with Crippen LogP contribution in [0, 0.1) is 6.92 Å². The van der Waals surface area contributed by atoms with Crippen LogP contribution < -0.4 is 4.74 Å². The van der Waals surface area contributed by atoms with Gasteiger partial charge >= 0.3 is 0 Å². The normalized spacial score (nSPS) is 13.7. The van der Waals surface area contributed by atoms with Gasteiger partial charge in [-0.1, -0.05) is 60.2 Å². The van der Waals surface area contributed by atoms with Gasteiger partial charge in [-0.2, -0.15) is 8.42 Å². The van der Waals surface area contributed by atoms with Crippen molar-refractivity contribution in [3.05, 3.63) is 96.2 Å². The Balaban J connectivity index is 1.69. The first-order valence-corrected chi connectivity index (χ1v) is 11.6. The minimum atomic E-state index is -4.01. The van der Waals surface area contributed by atoms with Gasteiger partial charge in [-0.25, -0.2) is 0 Å². The summed E-state index contributed by atoms with van der Waals surface area (Å²) in [5.74, 6) is 0.661. The minimum absolute atomic E-state index is 0.0552. The van der Waals surface area contributed by atoms with Crippen molar-refractivity contribution in [2.24, 2.45) is 0 Å². The van der Waals surface area contributed by atoms with Gasteiger partial charge in [-0.05, 0) is 36.8 Å². The van der Waals surface area contributed by atoms with Crippen LogP contribution in [-0.2, 0) is 14.3 Å². The number of rotatable bonds is 8. The average molecular weight is 452 g/mol. The lowest BCUT2D eigenvalue weighted by Crippen LogP contribution is -2.30. The molecule has 2 atom stereocenters. The molecule has 0 fully saturated rings. The molecule has 0 aliphatic rings. The van der Waals surface area contributed by atoms with Crippen molar-refractivity contribution in [3.8, 4) is 5.75 Å². The molecule has 4 aromatic rings. The number of ether oxygens (including phenoxy) is 1. The fraction of sp³-hybridized carbons (Fsp3) is 0.200. The Bertz CT molecular complexity index is 1300. The second kappa shape index (κ2) is 9.16. The lowest BCUT2D eigenvalue weighted by molar-refractivity contribution is 0.0784. The van der Waals surface area contributed by atoms with Crippen LogP contribution in [0.3, 0.4) is 0 Å². The second-order valence-corrected chi connectivity index (χ2v) is 9.21. The van der Waals surface area contributed by atoms with Crippen molar-refractivity contribution in [3.63, 3.8) is 0 Å². The molecule has 166 valence electrons. The topological polar surface area (TPSA) is 77.8 Å². The second-order valence-electron chi connectivity index (χ2n) is 7.60. The maximum Gasteiger partial charge on any atom is 0.297 e. The maximum atomic E-state index is 12.6. The number of methoxy groups -OCH3 is 1. The molecule has 0 radical (unpaired) electrons. The molecular weight excluding hydrogens is 426 g/mol. The Morgan fingerprint density at radius 2 is 1.66 bits per heavy atom. The summed E-state index contributed by atoms with van der Waals surface area (Å²) in [5.41, 5.74) is 2.57. The summed E-state index contributed by atoms with van der Waals surface area (Å²) in [4.78, 5) is 0.0552. The van der Waals surface area contributed by atoms with Gasteiger partial charge in [0.1, 0.15) is 11.9 Å². The average Bonchev–Trinajstić information content (AvgIpc) is 3.23. The van der Waals surface area contributed by atoms with Crippen LogP contribution in [0.25, 0.3) is 10.9 Å². The molecule has 3 aromatic carbocycles. The number of aliphatic hydroxyl groups is 1. The predicted molar refractivity (Wildman–Crippen MR) is 123 cm³/mol. The highest BCUT2D eigenvalue weighted by atomic mass is 32.2. The van der Waals surface area contributed by atoms with Crippen molar-refractivity contribution in [1.82, 2.24) is 4.57 Å². The largest absolute Gasteiger partial charge is 0.495 e. The van der Waals surface area contributed by atoms with Crippen molar-refractivity contribution in [2.45, 2.75) is 24.0 Å². The summed E-state index contributed by atoms with van der Waals surface area (Å²) < 4.78 is 38.0. The first-order valence-electron chi connectivity index (χ1n) is 10.2. The Morgan fingerprint density at radius 1 is 0.938 bits per heavy atom. The molecular formula is C25H25NO5S. The van der Waals surface area contributed by atoms with Crippen LogP contribution >= 0.6 is 0 Å². The number of fused-ring (bicyclic) bond motifs is 1. The van der Waals surface area contributed by atoms with Crippen molar-refractivity contribution >= 4 is 21.0 Å². The third kappa shape index (κ3) is 4.41. The summed E-state index contributed by atoms with van der Waals surface area (Å²) in [6, 6.07) is 22.9. The summed E-state index contributed by atoms with van der Waals surface area (Å²) in [6.07, 6.45) is 0.723. The zero-order valence-corrected chi connectivity index (χ0v) is 18.7. The van der Waals surface area contributed by atoms with E-state index in [2.05, 4.69) is 0 Å². The monoisotopic (exact) mass is 451 g/mol. The summed E-state index contributed by atoms with van der Waals surface area (Å²) in [5, 5.41) is 12.1. The van der Waals surface area contributed by atoms with E-state index >= 15 is 0 Å². The molecule has 6 nitrogen and oxygen atoms in total. The standard InChI is InChI=1S/C25H25NO5S/c1-18-11-13-21(14-12-18)32(28,29)31-17-22(27)24(19-7-4-3-5-8-19)26-16-15-20-9-6-10-23(30-2)25(20)26/h3-16,22,24,27H,17H2,1-2H3/t22-,24+/m1/s1. The highest BCUT2D eigenvalue weighted by Gasteiger charge is 2.28. The van der Waals surface area contributed by atoms with Gasteiger partial charge in [0.2, 0.25) is 0 Å². The van der Waals surface area contributed by atoms with Crippen LogP contribution in [0.4, 0.5) is 0 Å². The number of aryl methyl sites for hydroxylation is 1. The van der Waals surface area contributed by atoms with Crippen LogP contribution in [0.15, 0.2) is 90.0 Å². The number of para-hydroxylation sites is 1. The van der Waals surface area contributed by atoms with E-state index in [-0.39, 0.29) is 4.90 Å². The van der Waals surface area contributed by atoms with E-state index in [0.717, 1.165) is 22.0 Å². The molecule has 0 aliphatic heterocycles. The van der Waals surface area contributed by atoms with Crippen LogP contribution in [0.5, 0.6) is 5.75 Å². The highest BCUT2D eigenvalue weighted by molar-refractivity contribution is 7.86. The summed E-state index contributed by atoms with van der Waals surface area (Å²) >= 11 is 0. The van der Waals surface area contributed by atoms with Crippen molar-refractivity contribution in [1.29, 1.82) is 0 Å². The first-order chi connectivity index (χ1) is 15.4. The first kappa shape index (κ1) is 22.1. The van der Waals surface area contributed by atoms with Crippen molar-refractivity contribution in [2.75, 3.05) is 13.7 Å². The number of aliphatic hydroxyl groups excluding tert-OH is 1. The highest BCUT2D eigenvalue weighted by Crippen LogP contribution is 2.33. The van der Waals surface area contributed by atoms with Crippen LogP contribution in [0.1, 0.15) is 17.2 Å². The van der Waals surface area contributed by atoms with E-state index in [1.807, 2.05) is 72.3 Å². The van der Waals surface area contributed by atoms with E-state index in [4.69, 9.17) is 8.92 Å².